The lowest BCUT2D eigenvalue weighted by Crippen LogP contribution is -2.31. The van der Waals surface area contributed by atoms with E-state index in [1.54, 1.807) is 19.3 Å². The molecular weight excluding hydrogens is 240 g/mol. The van der Waals surface area contributed by atoms with Crippen molar-refractivity contribution in [3.05, 3.63) is 30.3 Å². The highest BCUT2D eigenvalue weighted by molar-refractivity contribution is 5.94. The third-order valence-electron chi connectivity index (χ3n) is 3.18. The zero-order chi connectivity index (χ0) is 13.7. The van der Waals surface area contributed by atoms with Crippen molar-refractivity contribution in [3.8, 4) is 6.07 Å². The van der Waals surface area contributed by atoms with E-state index in [0.29, 0.717) is 5.56 Å². The molecule has 0 spiro atoms. The van der Waals surface area contributed by atoms with E-state index >= 15 is 0 Å². The van der Waals surface area contributed by atoms with Gasteiger partial charge in [0, 0.05) is 26.3 Å². The van der Waals surface area contributed by atoms with Crippen LogP contribution in [-0.4, -0.2) is 42.5 Å². The standard InChI is InChI=1S/C14H17N4O/c1-17(10-7-15)14(19)12-5-6-13(16-11-12)18-8-3-2-4-9-18/h2,5-6,11H,3-4,8-10H2,1H3. The van der Waals surface area contributed by atoms with Gasteiger partial charge in [-0.05, 0) is 31.4 Å². The molecule has 5 nitrogen and oxygen atoms in total. The SMILES string of the molecule is CN(CC#N)C(=O)c1ccc(N2CC[CH]CC2)nc1. The Kier molecular flexibility index (Phi) is 4.35. The molecule has 0 aromatic carbocycles. The number of hydrogen-bond donors (Lipinski definition) is 0. The van der Waals surface area contributed by atoms with Crippen molar-refractivity contribution in [2.75, 3.05) is 31.6 Å². The van der Waals surface area contributed by atoms with Gasteiger partial charge in [-0.1, -0.05) is 0 Å². The van der Waals surface area contributed by atoms with Gasteiger partial charge in [0.05, 0.1) is 11.6 Å². The van der Waals surface area contributed by atoms with Crippen LogP contribution < -0.4 is 4.90 Å². The van der Waals surface area contributed by atoms with Gasteiger partial charge in [0.15, 0.2) is 0 Å². The summed E-state index contributed by atoms with van der Waals surface area (Å²) in [6.07, 6.45) is 6.02. The number of rotatable bonds is 3. The molecule has 1 aliphatic heterocycles. The third kappa shape index (κ3) is 3.22. The van der Waals surface area contributed by atoms with Crippen molar-refractivity contribution in [1.82, 2.24) is 9.88 Å². The van der Waals surface area contributed by atoms with Crippen LogP contribution in [0.25, 0.3) is 0 Å². The van der Waals surface area contributed by atoms with Gasteiger partial charge < -0.3 is 9.80 Å². The van der Waals surface area contributed by atoms with Crippen molar-refractivity contribution in [3.63, 3.8) is 0 Å². The van der Waals surface area contributed by atoms with Crippen molar-refractivity contribution >= 4 is 11.7 Å². The van der Waals surface area contributed by atoms with Gasteiger partial charge in [-0.3, -0.25) is 4.79 Å². The molecule has 0 saturated carbocycles. The Hall–Kier alpha value is -2.09. The average molecular weight is 257 g/mol. The molecule has 2 heterocycles. The predicted molar refractivity (Wildman–Crippen MR) is 72.6 cm³/mol. The summed E-state index contributed by atoms with van der Waals surface area (Å²) in [5.41, 5.74) is 0.519. The van der Waals surface area contributed by atoms with Crippen LogP contribution >= 0.6 is 0 Å². The van der Waals surface area contributed by atoms with Crippen LogP contribution in [0.15, 0.2) is 18.3 Å². The second-order valence-electron chi connectivity index (χ2n) is 4.58. The molecule has 5 heteroatoms. The summed E-state index contributed by atoms with van der Waals surface area (Å²) in [5, 5.41) is 8.58. The Morgan fingerprint density at radius 3 is 2.79 bits per heavy atom. The highest BCUT2D eigenvalue weighted by atomic mass is 16.2. The third-order valence-corrected chi connectivity index (χ3v) is 3.18. The molecule has 99 valence electrons. The minimum atomic E-state index is -0.174. The fourth-order valence-corrected chi connectivity index (χ4v) is 2.08. The van der Waals surface area contributed by atoms with E-state index in [-0.39, 0.29) is 12.5 Å². The Morgan fingerprint density at radius 2 is 2.21 bits per heavy atom. The maximum absolute atomic E-state index is 11.9. The molecule has 19 heavy (non-hydrogen) atoms. The molecule has 1 aromatic rings. The van der Waals surface area contributed by atoms with Crippen LogP contribution in [0.2, 0.25) is 0 Å². The number of amides is 1. The van der Waals surface area contributed by atoms with Gasteiger partial charge in [-0.15, -0.1) is 0 Å². The lowest BCUT2D eigenvalue weighted by atomic mass is 10.1. The molecule has 1 radical (unpaired) electrons. The largest absolute Gasteiger partial charge is 0.357 e. The first-order valence-corrected chi connectivity index (χ1v) is 6.37. The lowest BCUT2D eigenvalue weighted by Gasteiger charge is -2.27. The number of aromatic nitrogens is 1. The Bertz CT molecular complexity index is 471. The van der Waals surface area contributed by atoms with Crippen molar-refractivity contribution in [2.45, 2.75) is 12.8 Å². The Balaban J connectivity index is 2.05. The summed E-state index contributed by atoms with van der Waals surface area (Å²) in [7, 11) is 1.61. The van der Waals surface area contributed by atoms with Crippen LogP contribution in [0, 0.1) is 17.8 Å². The number of nitrogens with zero attached hydrogens (tertiary/aromatic N) is 4. The van der Waals surface area contributed by atoms with Crippen LogP contribution in [0.3, 0.4) is 0 Å². The van der Waals surface area contributed by atoms with Crippen LogP contribution in [0.4, 0.5) is 5.82 Å². The van der Waals surface area contributed by atoms with E-state index in [2.05, 4.69) is 16.3 Å². The summed E-state index contributed by atoms with van der Waals surface area (Å²) < 4.78 is 0. The highest BCUT2D eigenvalue weighted by Crippen LogP contribution is 2.17. The molecule has 2 rings (SSSR count). The fourth-order valence-electron chi connectivity index (χ4n) is 2.08. The van der Waals surface area contributed by atoms with Crippen molar-refractivity contribution < 1.29 is 4.79 Å². The molecule has 1 amide bonds. The number of carbonyl (C=O) groups is 1. The number of carbonyl (C=O) groups excluding carboxylic acids is 1. The zero-order valence-corrected chi connectivity index (χ0v) is 11.0. The van der Waals surface area contributed by atoms with Gasteiger partial charge in [0.2, 0.25) is 0 Å². The molecule has 0 aliphatic carbocycles. The van der Waals surface area contributed by atoms with Gasteiger partial charge in [0.25, 0.3) is 5.91 Å². The van der Waals surface area contributed by atoms with Crippen LogP contribution in [-0.2, 0) is 0 Å². The zero-order valence-electron chi connectivity index (χ0n) is 11.0. The molecule has 1 aromatic heterocycles. The van der Waals surface area contributed by atoms with E-state index in [4.69, 9.17) is 5.26 Å². The quantitative estimate of drug-likeness (QED) is 0.770. The first-order chi connectivity index (χ1) is 9.22. The second kappa shape index (κ2) is 6.19. The van der Waals surface area contributed by atoms with E-state index in [0.717, 1.165) is 31.7 Å². The van der Waals surface area contributed by atoms with E-state index in [1.165, 1.54) is 4.90 Å². The molecular formula is C14H17N4O. The monoisotopic (exact) mass is 257 g/mol. The normalized spacial score (nSPS) is 14.8. The number of pyridine rings is 1. The topological polar surface area (TPSA) is 60.2 Å². The molecule has 0 atom stereocenters. The molecule has 0 N–H and O–H groups in total. The summed E-state index contributed by atoms with van der Waals surface area (Å²) in [5.74, 6) is 0.736. The van der Waals surface area contributed by atoms with Gasteiger partial charge in [0.1, 0.15) is 12.4 Å². The predicted octanol–water partition coefficient (Wildman–Crippen LogP) is 1.48. The number of piperidine rings is 1. The molecule has 0 unspecified atom stereocenters. The fraction of sp³-hybridized carbons (Fsp3) is 0.429. The molecule has 1 saturated heterocycles. The minimum absolute atomic E-state index is 0.0859. The summed E-state index contributed by atoms with van der Waals surface area (Å²) in [6, 6.07) is 5.60. The minimum Gasteiger partial charge on any atom is -0.357 e. The van der Waals surface area contributed by atoms with Gasteiger partial charge in [-0.25, -0.2) is 4.98 Å². The summed E-state index contributed by atoms with van der Waals surface area (Å²) >= 11 is 0. The smallest absolute Gasteiger partial charge is 0.256 e. The molecule has 0 bridgehead atoms. The first kappa shape index (κ1) is 13.3. The maximum Gasteiger partial charge on any atom is 0.256 e. The van der Waals surface area contributed by atoms with Gasteiger partial charge in [-0.2, -0.15) is 5.26 Å². The highest BCUT2D eigenvalue weighted by Gasteiger charge is 2.15. The first-order valence-electron chi connectivity index (χ1n) is 6.37. The van der Waals surface area contributed by atoms with Gasteiger partial charge >= 0.3 is 0 Å². The number of anilines is 1. The molecule has 1 aliphatic rings. The summed E-state index contributed by atoms with van der Waals surface area (Å²) in [4.78, 5) is 19.9. The second-order valence-corrected chi connectivity index (χ2v) is 4.58. The maximum atomic E-state index is 11.9. The Morgan fingerprint density at radius 1 is 1.47 bits per heavy atom. The van der Waals surface area contributed by atoms with Crippen LogP contribution in [0.1, 0.15) is 23.2 Å². The van der Waals surface area contributed by atoms with Crippen molar-refractivity contribution in [1.29, 1.82) is 5.26 Å². The Labute approximate surface area is 113 Å². The summed E-state index contributed by atoms with van der Waals surface area (Å²) in [6.45, 7) is 2.05. The average Bonchev–Trinajstić information content (AvgIpc) is 2.48. The number of nitriles is 1. The van der Waals surface area contributed by atoms with Crippen molar-refractivity contribution in [2.24, 2.45) is 0 Å². The van der Waals surface area contributed by atoms with E-state index in [9.17, 15) is 4.79 Å². The van der Waals surface area contributed by atoms with E-state index < -0.39 is 0 Å². The molecule has 1 fully saturated rings. The van der Waals surface area contributed by atoms with E-state index in [1.807, 2.05) is 12.1 Å². The van der Waals surface area contributed by atoms with Crippen LogP contribution in [0.5, 0.6) is 0 Å². The lowest BCUT2D eigenvalue weighted by molar-refractivity contribution is 0.0811. The number of hydrogen-bond acceptors (Lipinski definition) is 4.